The first-order valence-electron chi connectivity index (χ1n) is 12.0. The average molecular weight is 465 g/mol. The molecule has 0 radical (unpaired) electrons. The summed E-state index contributed by atoms with van der Waals surface area (Å²) in [7, 11) is 0. The highest BCUT2D eigenvalue weighted by molar-refractivity contribution is 5.92. The number of ether oxygens (including phenoxy) is 2. The summed E-state index contributed by atoms with van der Waals surface area (Å²) < 4.78 is 15.7. The molecule has 7 heteroatoms. The summed E-state index contributed by atoms with van der Waals surface area (Å²) in [6.45, 7) is 3.31. The van der Waals surface area contributed by atoms with Gasteiger partial charge < -0.3 is 15.2 Å². The number of fused-ring (bicyclic) bond motifs is 3. The Bertz CT molecular complexity index is 1560. The summed E-state index contributed by atoms with van der Waals surface area (Å²) in [5.74, 6) is 0.421. The maximum absolute atomic E-state index is 6.71. The van der Waals surface area contributed by atoms with Gasteiger partial charge in [0.15, 0.2) is 5.79 Å². The molecule has 35 heavy (non-hydrogen) atoms. The summed E-state index contributed by atoms with van der Waals surface area (Å²) in [5.41, 5.74) is 12.5. The minimum Gasteiger partial charge on any atom is -0.347 e. The number of hydrogen-bond donors (Lipinski definition) is 1. The van der Waals surface area contributed by atoms with E-state index in [2.05, 4.69) is 46.9 Å². The fourth-order valence-electron chi connectivity index (χ4n) is 5.57. The maximum atomic E-state index is 6.71. The van der Waals surface area contributed by atoms with Crippen molar-refractivity contribution in [2.45, 2.75) is 31.1 Å². The van der Waals surface area contributed by atoms with E-state index in [4.69, 9.17) is 25.3 Å². The highest BCUT2D eigenvalue weighted by Gasteiger charge is 2.57. The van der Waals surface area contributed by atoms with E-state index < -0.39 is 11.3 Å². The van der Waals surface area contributed by atoms with Crippen LogP contribution in [0.25, 0.3) is 33.4 Å². The average Bonchev–Trinajstić information content (AvgIpc) is 3.49. The van der Waals surface area contributed by atoms with Crippen molar-refractivity contribution in [2.24, 2.45) is 5.73 Å². The molecular weight excluding hydrogens is 438 g/mol. The Hall–Kier alpha value is -3.65. The summed E-state index contributed by atoms with van der Waals surface area (Å²) >= 11 is 0. The third-order valence-corrected chi connectivity index (χ3v) is 7.34. The van der Waals surface area contributed by atoms with E-state index >= 15 is 0 Å². The molecule has 0 atom stereocenters. The lowest BCUT2D eigenvalue weighted by molar-refractivity contribution is -0.519. The molecule has 1 saturated carbocycles. The van der Waals surface area contributed by atoms with Crippen molar-refractivity contribution in [3.8, 4) is 16.8 Å². The molecule has 1 aliphatic heterocycles. The van der Waals surface area contributed by atoms with Crippen molar-refractivity contribution in [1.82, 2.24) is 14.8 Å². The molecule has 2 aliphatic rings. The molecule has 1 saturated heterocycles. The largest absolute Gasteiger partial charge is 0.347 e. The van der Waals surface area contributed by atoms with Crippen LogP contribution in [0.15, 0.2) is 79.1 Å². The van der Waals surface area contributed by atoms with Crippen molar-refractivity contribution in [3.05, 3.63) is 90.5 Å². The van der Waals surface area contributed by atoms with Gasteiger partial charge in [-0.3, -0.25) is 4.98 Å². The molecule has 0 unspecified atom stereocenters. The van der Waals surface area contributed by atoms with Crippen LogP contribution >= 0.6 is 0 Å². The normalized spacial score (nSPS) is 18.3. The fraction of sp³-hybridized carbons (Fsp3) is 0.250. The van der Waals surface area contributed by atoms with Crippen LogP contribution in [0.3, 0.4) is 0 Å². The number of aryl methyl sites for hydroxylation is 1. The Balaban J connectivity index is 1.31. The van der Waals surface area contributed by atoms with E-state index in [0.29, 0.717) is 26.1 Å². The molecular formula is C28H26N5O2+. The molecule has 3 aromatic heterocycles. The predicted molar refractivity (Wildman–Crippen MR) is 132 cm³/mol. The van der Waals surface area contributed by atoms with Crippen molar-refractivity contribution in [3.63, 3.8) is 0 Å². The lowest BCUT2D eigenvalue weighted by atomic mass is 9.68. The maximum Gasteiger partial charge on any atom is 0.280 e. The first kappa shape index (κ1) is 20.7. The van der Waals surface area contributed by atoms with Crippen molar-refractivity contribution >= 4 is 16.6 Å². The van der Waals surface area contributed by atoms with E-state index in [9.17, 15) is 0 Å². The highest BCUT2D eigenvalue weighted by Crippen LogP contribution is 2.51. The molecule has 0 amide bonds. The first-order valence-corrected chi connectivity index (χ1v) is 12.0. The van der Waals surface area contributed by atoms with Crippen molar-refractivity contribution in [2.75, 3.05) is 13.2 Å². The molecule has 5 aromatic rings. The lowest BCUT2D eigenvalue weighted by Gasteiger charge is -2.50. The Morgan fingerprint density at radius 1 is 0.943 bits per heavy atom. The zero-order chi connectivity index (χ0) is 23.6. The number of hydrogen-bond acceptors (Lipinski definition) is 5. The molecule has 1 spiro atoms. The third kappa shape index (κ3) is 3.20. The Morgan fingerprint density at radius 3 is 2.43 bits per heavy atom. The summed E-state index contributed by atoms with van der Waals surface area (Å²) in [6, 6.07) is 22.9. The van der Waals surface area contributed by atoms with Gasteiger partial charge in [-0.25, -0.2) is 4.40 Å². The van der Waals surface area contributed by atoms with E-state index in [1.54, 1.807) is 0 Å². The van der Waals surface area contributed by atoms with Crippen LogP contribution in [-0.4, -0.2) is 33.8 Å². The third-order valence-electron chi connectivity index (χ3n) is 7.34. The number of benzene rings is 2. The van der Waals surface area contributed by atoms with Gasteiger partial charge in [0.25, 0.3) is 11.5 Å². The first-order chi connectivity index (χ1) is 17.0. The SMILES string of the molecule is Cc1nn(-c2ccc(C3(N)CC4(C3)OCCO4)cc2)c2c3cc(-c4ccccc4)cnc3cc[n+]12. The second kappa shape index (κ2) is 7.42. The van der Waals surface area contributed by atoms with Crippen LogP contribution in [0.2, 0.25) is 0 Å². The molecule has 174 valence electrons. The fourth-order valence-corrected chi connectivity index (χ4v) is 5.57. The summed E-state index contributed by atoms with van der Waals surface area (Å²) in [5, 5.41) is 5.92. The molecule has 2 aromatic carbocycles. The number of nitrogens with two attached hydrogens (primary N) is 1. The predicted octanol–water partition coefficient (Wildman–Crippen LogP) is 3.83. The molecule has 4 heterocycles. The van der Waals surface area contributed by atoms with E-state index in [1.165, 1.54) is 0 Å². The van der Waals surface area contributed by atoms with Crippen LogP contribution in [0, 0.1) is 6.92 Å². The van der Waals surface area contributed by atoms with E-state index in [-0.39, 0.29) is 0 Å². The van der Waals surface area contributed by atoms with Gasteiger partial charge >= 0.3 is 0 Å². The summed E-state index contributed by atoms with van der Waals surface area (Å²) in [4.78, 5) is 4.76. The second-order valence-corrected chi connectivity index (χ2v) is 9.66. The smallest absolute Gasteiger partial charge is 0.280 e. The highest BCUT2D eigenvalue weighted by atomic mass is 16.7. The Kier molecular flexibility index (Phi) is 4.39. The van der Waals surface area contributed by atoms with Gasteiger partial charge in [0.05, 0.1) is 35.9 Å². The van der Waals surface area contributed by atoms with Crippen LogP contribution in [0.5, 0.6) is 0 Å². The zero-order valence-electron chi connectivity index (χ0n) is 19.5. The van der Waals surface area contributed by atoms with E-state index in [1.807, 2.05) is 48.3 Å². The number of rotatable bonds is 3. The molecule has 2 N–H and O–H groups in total. The van der Waals surface area contributed by atoms with Crippen LogP contribution in [0.4, 0.5) is 0 Å². The molecule has 7 nitrogen and oxygen atoms in total. The topological polar surface area (TPSA) is 79.3 Å². The Morgan fingerprint density at radius 2 is 1.69 bits per heavy atom. The zero-order valence-corrected chi connectivity index (χ0v) is 19.5. The Labute approximate surface area is 202 Å². The van der Waals surface area contributed by atoms with Crippen molar-refractivity contribution in [1.29, 1.82) is 0 Å². The second-order valence-electron chi connectivity index (χ2n) is 9.66. The summed E-state index contributed by atoms with van der Waals surface area (Å²) in [6.07, 6.45) is 5.32. The molecule has 7 rings (SSSR count). The minimum absolute atomic E-state index is 0.430. The van der Waals surface area contributed by atoms with Crippen LogP contribution in [0.1, 0.15) is 24.2 Å². The van der Waals surface area contributed by atoms with Gasteiger partial charge in [0.1, 0.15) is 5.69 Å². The van der Waals surface area contributed by atoms with Crippen LogP contribution < -0.4 is 10.1 Å². The molecule has 1 aliphatic carbocycles. The quantitative estimate of drug-likeness (QED) is 0.411. The monoisotopic (exact) mass is 464 g/mol. The van der Waals surface area contributed by atoms with Gasteiger partial charge in [0, 0.05) is 36.6 Å². The number of aromatic nitrogens is 4. The van der Waals surface area contributed by atoms with Gasteiger partial charge in [-0.1, -0.05) is 47.1 Å². The van der Waals surface area contributed by atoms with Crippen LogP contribution in [-0.2, 0) is 15.0 Å². The number of nitrogens with zero attached hydrogens (tertiary/aromatic N) is 4. The lowest BCUT2D eigenvalue weighted by Crippen LogP contribution is -2.60. The van der Waals surface area contributed by atoms with Gasteiger partial charge in [-0.05, 0) is 35.4 Å². The van der Waals surface area contributed by atoms with Gasteiger partial charge in [-0.15, -0.1) is 0 Å². The van der Waals surface area contributed by atoms with Gasteiger partial charge in [-0.2, -0.15) is 0 Å². The van der Waals surface area contributed by atoms with Gasteiger partial charge in [0.2, 0.25) is 0 Å². The standard InChI is InChI=1S/C28H26N5O2/c1-19-31-33(23-9-7-22(8-10-23)27(29)17-28(18-27)34-13-14-35-28)26-24-15-21(20-5-3-2-4-6-20)16-30-25(24)11-12-32(19)26/h2-12,15-16H,13-14,17-18,29H2,1H3/q+1. The number of pyridine rings is 2. The molecule has 0 bridgehead atoms. The van der Waals surface area contributed by atoms with E-state index in [0.717, 1.165) is 44.8 Å². The minimum atomic E-state index is -0.484. The van der Waals surface area contributed by atoms with Crippen molar-refractivity contribution < 1.29 is 13.9 Å². The molecule has 2 fully saturated rings.